The third kappa shape index (κ3) is 6.40. The van der Waals surface area contributed by atoms with E-state index in [1.807, 2.05) is 84.9 Å². The number of carbonyl (C=O) groups excluding carboxylic acids is 3. The maximum atomic E-state index is 15.3. The van der Waals surface area contributed by atoms with Crippen molar-refractivity contribution in [1.29, 1.82) is 0 Å². The molecule has 3 saturated heterocycles. The average Bonchev–Trinajstić information content (AvgIpc) is 3.72. The minimum Gasteiger partial charge on any atom is -0.394 e. The smallest absolute Gasteiger partial charge is 0.251 e. The number of fused-ring (bicyclic) bond motifs is 1. The summed E-state index contributed by atoms with van der Waals surface area (Å²) in [6, 6.07) is 25.5. The fourth-order valence-electron chi connectivity index (χ4n) is 8.80. The zero-order valence-electron chi connectivity index (χ0n) is 30.0. The molecule has 3 amide bonds. The van der Waals surface area contributed by atoms with Crippen LogP contribution >= 0.6 is 11.8 Å². The lowest BCUT2D eigenvalue weighted by atomic mass is 9.66. The summed E-state index contributed by atoms with van der Waals surface area (Å²) in [7, 11) is 0. The van der Waals surface area contributed by atoms with E-state index in [0.29, 0.717) is 31.6 Å². The van der Waals surface area contributed by atoms with E-state index in [1.54, 1.807) is 38.6 Å². The van der Waals surface area contributed by atoms with Crippen molar-refractivity contribution in [3.63, 3.8) is 0 Å². The molecule has 1 N–H and O–H groups in total. The van der Waals surface area contributed by atoms with Gasteiger partial charge in [-0.2, -0.15) is 0 Å². The molecule has 6 rings (SSSR count). The number of hydrogen-bond donors (Lipinski definition) is 1. The Morgan fingerprint density at radius 3 is 2.10 bits per heavy atom. The third-order valence-corrected chi connectivity index (χ3v) is 13.1. The number of carbonyl (C=O) groups is 3. The monoisotopic (exact) mass is 706 g/mol. The number of amides is 3. The Morgan fingerprint density at radius 1 is 0.902 bits per heavy atom. The van der Waals surface area contributed by atoms with E-state index in [9.17, 15) is 9.90 Å². The lowest BCUT2D eigenvalue weighted by molar-refractivity contribution is -0.146. The SMILES string of the molecule is C=CCN(Cc1ccccc1)C(=O)[C@@H]1[C@H]2C(=O)N([C@H](CO)c3ccccc3)C(C(=O)N(CC=C)c3ccc(N(CC)CC)cc3)C23CC[C@@]1(C)S3. The number of rotatable bonds is 15. The Morgan fingerprint density at radius 2 is 1.51 bits per heavy atom. The van der Waals surface area contributed by atoms with E-state index in [4.69, 9.17) is 0 Å². The molecule has 3 aromatic rings. The van der Waals surface area contributed by atoms with Gasteiger partial charge in [0.05, 0.1) is 29.2 Å². The fourth-order valence-corrected chi connectivity index (χ4v) is 11.1. The first-order chi connectivity index (χ1) is 24.7. The molecule has 2 unspecified atom stereocenters. The molecule has 1 spiro atoms. The van der Waals surface area contributed by atoms with Gasteiger partial charge in [0.1, 0.15) is 6.04 Å². The molecule has 3 aliphatic heterocycles. The molecule has 0 aliphatic carbocycles. The first kappa shape index (κ1) is 36.5. The minimum absolute atomic E-state index is 0.100. The van der Waals surface area contributed by atoms with Crippen LogP contribution in [0.2, 0.25) is 0 Å². The zero-order chi connectivity index (χ0) is 36.3. The number of likely N-dealkylation sites (tertiary alicyclic amines) is 1. The highest BCUT2D eigenvalue weighted by Gasteiger charge is 2.78. The predicted octanol–water partition coefficient (Wildman–Crippen LogP) is 6.48. The number of aliphatic hydroxyl groups is 1. The molecule has 6 atom stereocenters. The van der Waals surface area contributed by atoms with Crippen molar-refractivity contribution < 1.29 is 19.5 Å². The lowest BCUT2D eigenvalue weighted by Crippen LogP contribution is -2.56. The number of benzene rings is 3. The molecule has 0 saturated carbocycles. The van der Waals surface area contributed by atoms with Crippen LogP contribution in [-0.2, 0) is 20.9 Å². The molecule has 268 valence electrons. The van der Waals surface area contributed by atoms with Crippen molar-refractivity contribution in [2.45, 2.75) is 61.7 Å². The molecule has 2 bridgehead atoms. The minimum atomic E-state index is -0.915. The van der Waals surface area contributed by atoms with Gasteiger partial charge in [-0.3, -0.25) is 14.4 Å². The Bertz CT molecular complexity index is 1730. The van der Waals surface area contributed by atoms with Gasteiger partial charge in [0.2, 0.25) is 11.8 Å². The van der Waals surface area contributed by atoms with Crippen molar-refractivity contribution in [3.05, 3.63) is 121 Å². The van der Waals surface area contributed by atoms with Crippen LogP contribution in [0.3, 0.4) is 0 Å². The highest BCUT2D eigenvalue weighted by molar-refractivity contribution is 8.02. The Hall–Kier alpha value is -4.34. The molecular formula is C42H50N4O4S. The first-order valence-corrected chi connectivity index (χ1v) is 18.9. The van der Waals surface area contributed by atoms with Crippen LogP contribution in [0, 0.1) is 11.8 Å². The summed E-state index contributed by atoms with van der Waals surface area (Å²) in [5.41, 5.74) is 3.51. The molecule has 3 aromatic carbocycles. The maximum absolute atomic E-state index is 15.3. The van der Waals surface area contributed by atoms with Crippen LogP contribution in [0.15, 0.2) is 110 Å². The summed E-state index contributed by atoms with van der Waals surface area (Å²) in [5.74, 6) is -1.97. The van der Waals surface area contributed by atoms with E-state index < -0.39 is 33.4 Å². The maximum Gasteiger partial charge on any atom is 0.251 e. The summed E-state index contributed by atoms with van der Waals surface area (Å²) in [4.78, 5) is 52.7. The van der Waals surface area contributed by atoms with Gasteiger partial charge < -0.3 is 24.7 Å². The fraction of sp³-hybridized carbons (Fsp3) is 0.405. The Kier molecular flexibility index (Phi) is 10.8. The van der Waals surface area contributed by atoms with E-state index >= 15 is 9.59 Å². The van der Waals surface area contributed by atoms with Crippen molar-refractivity contribution in [1.82, 2.24) is 9.80 Å². The van der Waals surface area contributed by atoms with Gasteiger partial charge in [0.25, 0.3) is 5.91 Å². The van der Waals surface area contributed by atoms with Crippen molar-refractivity contribution in [3.8, 4) is 0 Å². The first-order valence-electron chi connectivity index (χ1n) is 18.1. The van der Waals surface area contributed by atoms with Crippen LogP contribution in [0.25, 0.3) is 0 Å². The van der Waals surface area contributed by atoms with E-state index in [2.05, 4.69) is 38.8 Å². The quantitative estimate of drug-likeness (QED) is 0.182. The topological polar surface area (TPSA) is 84.4 Å². The summed E-state index contributed by atoms with van der Waals surface area (Å²) >= 11 is 1.64. The summed E-state index contributed by atoms with van der Waals surface area (Å²) in [5, 5.41) is 11.0. The second-order valence-corrected chi connectivity index (χ2v) is 15.9. The normalized spacial score (nSPS) is 25.3. The van der Waals surface area contributed by atoms with Gasteiger partial charge in [-0.25, -0.2) is 0 Å². The number of hydrogen-bond acceptors (Lipinski definition) is 6. The molecule has 3 heterocycles. The van der Waals surface area contributed by atoms with Gasteiger partial charge in [-0.1, -0.05) is 72.8 Å². The predicted molar refractivity (Wildman–Crippen MR) is 206 cm³/mol. The van der Waals surface area contributed by atoms with Crippen molar-refractivity contribution in [2.75, 3.05) is 42.6 Å². The van der Waals surface area contributed by atoms with Gasteiger partial charge in [-0.05, 0) is 69.0 Å². The van der Waals surface area contributed by atoms with Crippen molar-refractivity contribution >= 4 is 40.9 Å². The average molecular weight is 707 g/mol. The molecule has 0 aromatic heterocycles. The zero-order valence-corrected chi connectivity index (χ0v) is 30.8. The summed E-state index contributed by atoms with van der Waals surface area (Å²) in [6.45, 7) is 16.6. The standard InChI is InChI=1S/C42H50N4O4S/c1-6-26-44(28-30-16-12-10-13-17-30)38(48)35-36-39(49)46(34(29-47)31-18-14-11-15-19-31)37(42(36)25-24-41(35,5)51-42)40(50)45(27-7-2)33-22-20-32(21-23-33)43(8-3)9-4/h6-7,10-23,34-37,47H,1-2,8-9,24-29H2,3-5H3/t34-,35+,36+,37?,41-,42?/m1/s1. The highest BCUT2D eigenvalue weighted by atomic mass is 32.2. The van der Waals surface area contributed by atoms with Crippen molar-refractivity contribution in [2.24, 2.45) is 11.8 Å². The molecule has 3 fully saturated rings. The number of anilines is 2. The summed E-state index contributed by atoms with van der Waals surface area (Å²) in [6.07, 6.45) is 4.73. The summed E-state index contributed by atoms with van der Waals surface area (Å²) < 4.78 is -1.41. The van der Waals surface area contributed by atoms with Gasteiger partial charge >= 0.3 is 0 Å². The van der Waals surface area contributed by atoms with E-state index in [1.165, 1.54) is 0 Å². The third-order valence-electron chi connectivity index (χ3n) is 11.2. The van der Waals surface area contributed by atoms with E-state index in [0.717, 1.165) is 29.9 Å². The van der Waals surface area contributed by atoms with Crippen LogP contribution in [0.4, 0.5) is 11.4 Å². The molecule has 8 nitrogen and oxygen atoms in total. The largest absolute Gasteiger partial charge is 0.394 e. The van der Waals surface area contributed by atoms with E-state index in [-0.39, 0.29) is 30.9 Å². The van der Waals surface area contributed by atoms with Crippen LogP contribution < -0.4 is 9.80 Å². The Labute approximate surface area is 306 Å². The van der Waals surface area contributed by atoms with Gasteiger partial charge in [0.15, 0.2) is 0 Å². The molecule has 51 heavy (non-hydrogen) atoms. The van der Waals surface area contributed by atoms with Crippen LogP contribution in [0.5, 0.6) is 0 Å². The Balaban J connectivity index is 1.45. The highest BCUT2D eigenvalue weighted by Crippen LogP contribution is 2.72. The second kappa shape index (κ2) is 15.1. The lowest BCUT2D eigenvalue weighted by Gasteiger charge is -2.40. The van der Waals surface area contributed by atoms with Crippen LogP contribution in [-0.4, -0.2) is 80.9 Å². The molecule has 0 radical (unpaired) electrons. The van der Waals surface area contributed by atoms with Crippen LogP contribution in [0.1, 0.15) is 50.8 Å². The molecule has 3 aliphatic rings. The van der Waals surface area contributed by atoms with Gasteiger partial charge in [0, 0.05) is 48.8 Å². The molecule has 9 heteroatoms. The number of thioether (sulfide) groups is 1. The number of aliphatic hydroxyl groups excluding tert-OH is 1. The number of nitrogens with zero attached hydrogens (tertiary/aromatic N) is 4. The molecular weight excluding hydrogens is 657 g/mol. The van der Waals surface area contributed by atoms with Gasteiger partial charge in [-0.15, -0.1) is 24.9 Å². The second-order valence-electron chi connectivity index (χ2n) is 14.0.